The minimum Gasteiger partial charge on any atom is -0.460 e. The van der Waals surface area contributed by atoms with Crippen LogP contribution in [0.3, 0.4) is 0 Å². The number of carbonyl (C=O) groups excluding carboxylic acids is 2. The normalized spacial score (nSPS) is 25.0. The summed E-state index contributed by atoms with van der Waals surface area (Å²) in [5, 5.41) is 12.4. The van der Waals surface area contributed by atoms with E-state index in [0.29, 0.717) is 12.0 Å². The number of hydrogen-bond acceptors (Lipinski definition) is 5. The van der Waals surface area contributed by atoms with Gasteiger partial charge in [-0.1, -0.05) is 26.3 Å². The van der Waals surface area contributed by atoms with Crippen LogP contribution < -0.4 is 5.32 Å². The maximum atomic E-state index is 11.6. The van der Waals surface area contributed by atoms with Crippen molar-refractivity contribution in [1.82, 2.24) is 5.32 Å². The molecule has 6 nitrogen and oxygen atoms in total. The van der Waals surface area contributed by atoms with Crippen molar-refractivity contribution in [2.75, 3.05) is 19.8 Å². The summed E-state index contributed by atoms with van der Waals surface area (Å²) in [5.41, 5.74) is 0.141. The summed E-state index contributed by atoms with van der Waals surface area (Å²) in [6.07, 6.45) is 3.60. The van der Waals surface area contributed by atoms with Gasteiger partial charge in [0.05, 0.1) is 19.3 Å². The monoisotopic (exact) mass is 313 g/mol. The molecule has 126 valence electrons. The molecule has 2 N–H and O–H groups in total. The van der Waals surface area contributed by atoms with Crippen molar-refractivity contribution in [3.05, 3.63) is 12.2 Å². The first-order chi connectivity index (χ1) is 10.3. The van der Waals surface area contributed by atoms with E-state index in [0.717, 1.165) is 25.7 Å². The molecule has 0 spiro atoms. The lowest BCUT2D eigenvalue weighted by molar-refractivity contribution is -0.138. The topological polar surface area (TPSA) is 84.9 Å². The number of aliphatic hydroxyl groups is 1. The standard InChI is InChI=1S/C16H27NO5/c1-12(2)14(19)21-9-8-17-15(20)22-11-16(3)7-5-4-6-13(18)10-16/h13,18H,1,4-11H2,2-3H3,(H,17,20). The highest BCUT2D eigenvalue weighted by Crippen LogP contribution is 2.34. The van der Waals surface area contributed by atoms with Crippen molar-refractivity contribution in [3.63, 3.8) is 0 Å². The van der Waals surface area contributed by atoms with Crippen molar-refractivity contribution in [2.45, 2.75) is 52.1 Å². The molecule has 1 aliphatic carbocycles. The van der Waals surface area contributed by atoms with Crippen LogP contribution in [0.2, 0.25) is 0 Å². The minimum absolute atomic E-state index is 0.0801. The Morgan fingerprint density at radius 1 is 1.36 bits per heavy atom. The predicted octanol–water partition coefficient (Wildman–Crippen LogP) is 2.16. The third-order valence-electron chi connectivity index (χ3n) is 3.80. The average molecular weight is 313 g/mol. The molecule has 0 radical (unpaired) electrons. The van der Waals surface area contributed by atoms with Crippen LogP contribution in [-0.2, 0) is 14.3 Å². The van der Waals surface area contributed by atoms with Gasteiger partial charge in [-0.05, 0) is 26.2 Å². The first-order valence-corrected chi connectivity index (χ1v) is 7.74. The third-order valence-corrected chi connectivity index (χ3v) is 3.80. The van der Waals surface area contributed by atoms with Gasteiger partial charge in [0, 0.05) is 11.0 Å². The highest BCUT2D eigenvalue weighted by atomic mass is 16.6. The zero-order valence-corrected chi connectivity index (χ0v) is 13.5. The van der Waals surface area contributed by atoms with Gasteiger partial charge in [-0.15, -0.1) is 0 Å². The molecule has 2 unspecified atom stereocenters. The van der Waals surface area contributed by atoms with Gasteiger partial charge in [0.2, 0.25) is 0 Å². The van der Waals surface area contributed by atoms with Crippen LogP contribution >= 0.6 is 0 Å². The molecule has 1 rings (SSSR count). The summed E-state index contributed by atoms with van der Waals surface area (Å²) >= 11 is 0. The van der Waals surface area contributed by atoms with Crippen LogP contribution in [-0.4, -0.2) is 43.0 Å². The predicted molar refractivity (Wildman–Crippen MR) is 82.3 cm³/mol. The van der Waals surface area contributed by atoms with E-state index in [-0.39, 0.29) is 31.3 Å². The van der Waals surface area contributed by atoms with Gasteiger partial charge in [0.1, 0.15) is 6.61 Å². The molecule has 0 heterocycles. The number of carbonyl (C=O) groups is 2. The van der Waals surface area contributed by atoms with Crippen LogP contribution in [0, 0.1) is 5.41 Å². The average Bonchev–Trinajstić information content (AvgIpc) is 2.62. The van der Waals surface area contributed by atoms with Gasteiger partial charge >= 0.3 is 12.1 Å². The van der Waals surface area contributed by atoms with Gasteiger partial charge in [-0.25, -0.2) is 9.59 Å². The fraction of sp³-hybridized carbons (Fsp3) is 0.750. The van der Waals surface area contributed by atoms with E-state index in [9.17, 15) is 14.7 Å². The third kappa shape index (κ3) is 6.93. The summed E-state index contributed by atoms with van der Waals surface area (Å²) in [6.45, 7) is 7.61. The van der Waals surface area contributed by atoms with Gasteiger partial charge in [-0.3, -0.25) is 0 Å². The summed E-state index contributed by atoms with van der Waals surface area (Å²) in [5.74, 6) is -0.477. The highest BCUT2D eigenvalue weighted by Gasteiger charge is 2.31. The van der Waals surface area contributed by atoms with E-state index < -0.39 is 12.1 Å². The Balaban J connectivity index is 2.22. The Hall–Kier alpha value is -1.56. The molecule has 1 amide bonds. The summed E-state index contributed by atoms with van der Waals surface area (Å²) in [7, 11) is 0. The molecule has 0 aromatic carbocycles. The first-order valence-electron chi connectivity index (χ1n) is 7.74. The fourth-order valence-corrected chi connectivity index (χ4v) is 2.55. The molecule has 0 aromatic rings. The number of esters is 1. The lowest BCUT2D eigenvalue weighted by atomic mass is 9.83. The molecule has 0 aromatic heterocycles. The van der Waals surface area contributed by atoms with E-state index in [2.05, 4.69) is 11.9 Å². The second-order valence-electron chi connectivity index (χ2n) is 6.33. The van der Waals surface area contributed by atoms with Crippen molar-refractivity contribution in [1.29, 1.82) is 0 Å². The number of hydrogen-bond donors (Lipinski definition) is 2. The fourth-order valence-electron chi connectivity index (χ4n) is 2.55. The molecule has 1 fully saturated rings. The second-order valence-corrected chi connectivity index (χ2v) is 6.33. The number of ether oxygens (including phenoxy) is 2. The second kappa shape index (κ2) is 8.78. The SMILES string of the molecule is C=C(C)C(=O)OCCNC(=O)OCC1(C)CCCCC(O)C1. The zero-order chi connectivity index (χ0) is 16.6. The lowest BCUT2D eigenvalue weighted by Gasteiger charge is -2.28. The molecule has 0 aliphatic heterocycles. The Bertz CT molecular complexity index is 409. The van der Waals surface area contributed by atoms with E-state index in [4.69, 9.17) is 9.47 Å². The first kappa shape index (κ1) is 18.5. The van der Waals surface area contributed by atoms with E-state index in [1.165, 1.54) is 0 Å². The molecule has 22 heavy (non-hydrogen) atoms. The van der Waals surface area contributed by atoms with Crippen molar-refractivity contribution < 1.29 is 24.2 Å². The van der Waals surface area contributed by atoms with Gasteiger partial charge in [0.15, 0.2) is 0 Å². The molecule has 0 saturated heterocycles. The zero-order valence-electron chi connectivity index (χ0n) is 13.5. The summed E-state index contributed by atoms with van der Waals surface area (Å²) in [6, 6.07) is 0. The Labute approximate surface area is 131 Å². The largest absolute Gasteiger partial charge is 0.460 e. The van der Waals surface area contributed by atoms with Crippen molar-refractivity contribution >= 4 is 12.1 Å². The highest BCUT2D eigenvalue weighted by molar-refractivity contribution is 5.86. The Morgan fingerprint density at radius 2 is 2.09 bits per heavy atom. The number of alkyl carbamates (subject to hydrolysis) is 1. The van der Waals surface area contributed by atoms with Crippen LogP contribution in [0.15, 0.2) is 12.2 Å². The number of nitrogens with one attached hydrogen (secondary N) is 1. The van der Waals surface area contributed by atoms with Crippen LogP contribution in [0.5, 0.6) is 0 Å². The van der Waals surface area contributed by atoms with Crippen LogP contribution in [0.1, 0.15) is 46.0 Å². The lowest BCUT2D eigenvalue weighted by Crippen LogP contribution is -2.34. The number of rotatable bonds is 6. The van der Waals surface area contributed by atoms with Gasteiger partial charge in [-0.2, -0.15) is 0 Å². The molecule has 2 atom stereocenters. The Morgan fingerprint density at radius 3 is 2.77 bits per heavy atom. The molecular weight excluding hydrogens is 286 g/mol. The van der Waals surface area contributed by atoms with E-state index >= 15 is 0 Å². The molecule has 1 aliphatic rings. The van der Waals surface area contributed by atoms with Crippen LogP contribution in [0.4, 0.5) is 4.79 Å². The maximum absolute atomic E-state index is 11.6. The number of amides is 1. The van der Waals surface area contributed by atoms with E-state index in [1.807, 2.05) is 6.92 Å². The Kier molecular flexibility index (Phi) is 7.38. The quantitative estimate of drug-likeness (QED) is 0.340. The smallest absolute Gasteiger partial charge is 0.407 e. The summed E-state index contributed by atoms with van der Waals surface area (Å²) in [4.78, 5) is 22.8. The molecule has 0 bridgehead atoms. The van der Waals surface area contributed by atoms with Gasteiger partial charge in [0.25, 0.3) is 0 Å². The van der Waals surface area contributed by atoms with Crippen LogP contribution in [0.25, 0.3) is 0 Å². The minimum atomic E-state index is -0.536. The van der Waals surface area contributed by atoms with Crippen molar-refractivity contribution in [3.8, 4) is 0 Å². The van der Waals surface area contributed by atoms with Crippen molar-refractivity contribution in [2.24, 2.45) is 5.41 Å². The molecule has 1 saturated carbocycles. The summed E-state index contributed by atoms with van der Waals surface area (Å²) < 4.78 is 10.1. The molecular formula is C16H27NO5. The number of aliphatic hydroxyl groups excluding tert-OH is 1. The van der Waals surface area contributed by atoms with E-state index in [1.54, 1.807) is 6.92 Å². The van der Waals surface area contributed by atoms with Gasteiger partial charge < -0.3 is 19.9 Å². The molecule has 6 heteroatoms. The maximum Gasteiger partial charge on any atom is 0.407 e.